The molecule has 1 aromatic carbocycles. The summed E-state index contributed by atoms with van der Waals surface area (Å²) >= 11 is 5.55. The Labute approximate surface area is 158 Å². The van der Waals surface area contributed by atoms with Gasteiger partial charge in [-0.25, -0.2) is 0 Å². The van der Waals surface area contributed by atoms with Gasteiger partial charge in [0, 0.05) is 23.0 Å². The van der Waals surface area contributed by atoms with Crippen LogP contribution in [0.3, 0.4) is 0 Å². The summed E-state index contributed by atoms with van der Waals surface area (Å²) in [7, 11) is 0. The van der Waals surface area contributed by atoms with Crippen LogP contribution < -0.4 is 10.6 Å². The molecule has 0 saturated carbocycles. The normalized spacial score (nSPS) is 11.8. The molecule has 0 spiro atoms. The van der Waals surface area contributed by atoms with Gasteiger partial charge in [-0.05, 0) is 51.1 Å². The first-order valence-corrected chi connectivity index (χ1v) is 8.21. The highest BCUT2D eigenvalue weighted by Gasteiger charge is 2.33. The van der Waals surface area contributed by atoms with Crippen molar-refractivity contribution in [2.75, 3.05) is 5.32 Å². The summed E-state index contributed by atoms with van der Waals surface area (Å²) in [4.78, 5) is 28.3. The molecule has 0 bridgehead atoms. The second kappa shape index (κ2) is 7.56. The fourth-order valence-electron chi connectivity index (χ4n) is 2.12. The van der Waals surface area contributed by atoms with Crippen LogP contribution in [0.15, 0.2) is 36.5 Å². The molecule has 0 radical (unpaired) electrons. The number of pyridine rings is 1. The molecule has 27 heavy (non-hydrogen) atoms. The number of hydrogen-bond donors (Lipinski definition) is 2. The van der Waals surface area contributed by atoms with Gasteiger partial charge in [0.25, 0.3) is 11.8 Å². The van der Waals surface area contributed by atoms with Crippen molar-refractivity contribution in [3.8, 4) is 0 Å². The predicted molar refractivity (Wildman–Crippen MR) is 95.9 cm³/mol. The minimum atomic E-state index is -4.65. The summed E-state index contributed by atoms with van der Waals surface area (Å²) in [5.41, 5.74) is -1.53. The SMILES string of the molecule is CC(C)(C)NC(=O)c1ccnc(C(=O)Nc2ccc(Cl)c(C(F)(F)F)c2)c1. The van der Waals surface area contributed by atoms with E-state index in [0.29, 0.717) is 0 Å². The van der Waals surface area contributed by atoms with Crippen LogP contribution in [0.1, 0.15) is 47.2 Å². The molecule has 144 valence electrons. The van der Waals surface area contributed by atoms with Gasteiger partial charge in [0.15, 0.2) is 0 Å². The van der Waals surface area contributed by atoms with Crippen LogP contribution in [-0.2, 0) is 6.18 Å². The number of benzene rings is 1. The van der Waals surface area contributed by atoms with E-state index in [2.05, 4.69) is 15.6 Å². The third kappa shape index (κ3) is 5.68. The van der Waals surface area contributed by atoms with Gasteiger partial charge < -0.3 is 10.6 Å². The Morgan fingerprint density at radius 2 is 1.70 bits per heavy atom. The van der Waals surface area contributed by atoms with Crippen LogP contribution >= 0.6 is 11.6 Å². The van der Waals surface area contributed by atoms with Gasteiger partial charge >= 0.3 is 6.18 Å². The lowest BCUT2D eigenvalue weighted by Gasteiger charge is -2.20. The highest BCUT2D eigenvalue weighted by atomic mass is 35.5. The second-order valence-electron chi connectivity index (χ2n) is 6.78. The first-order chi connectivity index (χ1) is 12.4. The molecule has 2 rings (SSSR count). The van der Waals surface area contributed by atoms with E-state index in [1.54, 1.807) is 20.8 Å². The Morgan fingerprint density at radius 1 is 1.04 bits per heavy atom. The van der Waals surface area contributed by atoms with Crippen molar-refractivity contribution >= 4 is 29.1 Å². The Hall–Kier alpha value is -2.61. The molecule has 9 heteroatoms. The molecule has 2 amide bonds. The summed E-state index contributed by atoms with van der Waals surface area (Å²) in [6.07, 6.45) is -3.38. The minimum absolute atomic E-state index is 0.0944. The van der Waals surface area contributed by atoms with Crippen LogP contribution in [-0.4, -0.2) is 22.3 Å². The maximum Gasteiger partial charge on any atom is 0.417 e. The average molecular weight is 400 g/mol. The summed E-state index contributed by atoms with van der Waals surface area (Å²) in [5, 5.41) is 4.59. The molecular weight excluding hydrogens is 383 g/mol. The molecule has 0 aliphatic rings. The van der Waals surface area contributed by atoms with Gasteiger partial charge in [0.1, 0.15) is 5.69 Å². The largest absolute Gasteiger partial charge is 0.417 e. The first kappa shape index (κ1) is 20.7. The number of halogens is 4. The summed E-state index contributed by atoms with van der Waals surface area (Å²) < 4.78 is 38.7. The van der Waals surface area contributed by atoms with Crippen molar-refractivity contribution < 1.29 is 22.8 Å². The van der Waals surface area contributed by atoms with Gasteiger partial charge in [-0.15, -0.1) is 0 Å². The molecule has 0 saturated heterocycles. The number of hydrogen-bond acceptors (Lipinski definition) is 3. The van der Waals surface area contributed by atoms with E-state index < -0.39 is 34.1 Å². The summed E-state index contributed by atoms with van der Waals surface area (Å²) in [6.45, 7) is 5.41. The lowest BCUT2D eigenvalue weighted by Crippen LogP contribution is -2.40. The Morgan fingerprint density at radius 3 is 2.30 bits per heavy atom. The van der Waals surface area contributed by atoms with Crippen molar-refractivity contribution in [2.45, 2.75) is 32.5 Å². The molecule has 0 aliphatic carbocycles. The molecule has 1 heterocycles. The Bertz CT molecular complexity index is 877. The first-order valence-electron chi connectivity index (χ1n) is 7.83. The number of carbonyl (C=O) groups excluding carboxylic acids is 2. The standard InChI is InChI=1S/C18H17ClF3N3O2/c1-17(2,3)25-15(26)10-6-7-23-14(8-10)16(27)24-11-4-5-13(19)12(9-11)18(20,21)22/h4-9H,1-3H3,(H,24,27)(H,25,26). The molecular formula is C18H17ClF3N3O2. The second-order valence-corrected chi connectivity index (χ2v) is 7.19. The summed E-state index contributed by atoms with van der Waals surface area (Å²) in [6, 6.07) is 5.71. The number of rotatable bonds is 3. The molecule has 1 aromatic heterocycles. The Kier molecular flexibility index (Phi) is 5.79. The highest BCUT2D eigenvalue weighted by molar-refractivity contribution is 6.31. The predicted octanol–water partition coefficient (Wildman–Crippen LogP) is 4.53. The topological polar surface area (TPSA) is 71.1 Å². The highest BCUT2D eigenvalue weighted by Crippen LogP contribution is 2.36. The number of anilines is 1. The zero-order valence-corrected chi connectivity index (χ0v) is 15.5. The fourth-order valence-corrected chi connectivity index (χ4v) is 2.35. The number of alkyl halides is 3. The van der Waals surface area contributed by atoms with Crippen LogP contribution in [0.4, 0.5) is 18.9 Å². The number of amides is 2. The van der Waals surface area contributed by atoms with Gasteiger partial charge in [-0.3, -0.25) is 14.6 Å². The molecule has 2 N–H and O–H groups in total. The van der Waals surface area contributed by atoms with Gasteiger partial charge in [-0.1, -0.05) is 11.6 Å². The van der Waals surface area contributed by atoms with E-state index in [1.807, 2.05) is 0 Å². The zero-order chi connectivity index (χ0) is 20.4. The third-order valence-electron chi connectivity index (χ3n) is 3.27. The molecule has 0 aliphatic heterocycles. The molecule has 0 fully saturated rings. The van der Waals surface area contributed by atoms with E-state index in [1.165, 1.54) is 24.4 Å². The van der Waals surface area contributed by atoms with E-state index in [0.717, 1.165) is 12.1 Å². The van der Waals surface area contributed by atoms with Gasteiger partial charge in [0.05, 0.1) is 10.6 Å². The van der Waals surface area contributed by atoms with E-state index >= 15 is 0 Å². The van der Waals surface area contributed by atoms with Crippen LogP contribution in [0, 0.1) is 0 Å². The average Bonchev–Trinajstić information content (AvgIpc) is 2.54. The van der Waals surface area contributed by atoms with Crippen molar-refractivity contribution in [1.29, 1.82) is 0 Å². The van der Waals surface area contributed by atoms with Crippen molar-refractivity contribution in [2.24, 2.45) is 0 Å². The summed E-state index contributed by atoms with van der Waals surface area (Å²) in [5.74, 6) is -1.15. The zero-order valence-electron chi connectivity index (χ0n) is 14.7. The smallest absolute Gasteiger partial charge is 0.347 e. The number of nitrogens with one attached hydrogen (secondary N) is 2. The van der Waals surface area contributed by atoms with Crippen LogP contribution in [0.5, 0.6) is 0 Å². The quantitative estimate of drug-likeness (QED) is 0.796. The maximum atomic E-state index is 12.9. The Balaban J connectivity index is 2.22. The third-order valence-corrected chi connectivity index (χ3v) is 3.60. The number of aromatic nitrogens is 1. The fraction of sp³-hybridized carbons (Fsp3) is 0.278. The van der Waals surface area contributed by atoms with Gasteiger partial charge in [0.2, 0.25) is 0 Å². The minimum Gasteiger partial charge on any atom is -0.347 e. The lowest BCUT2D eigenvalue weighted by molar-refractivity contribution is -0.137. The number of carbonyl (C=O) groups is 2. The lowest BCUT2D eigenvalue weighted by atomic mass is 10.1. The van der Waals surface area contributed by atoms with E-state index in [-0.39, 0.29) is 16.9 Å². The maximum absolute atomic E-state index is 12.9. The molecule has 5 nitrogen and oxygen atoms in total. The van der Waals surface area contributed by atoms with Crippen molar-refractivity contribution in [3.05, 3.63) is 58.4 Å². The van der Waals surface area contributed by atoms with Crippen LogP contribution in [0.25, 0.3) is 0 Å². The van der Waals surface area contributed by atoms with Gasteiger partial charge in [-0.2, -0.15) is 13.2 Å². The van der Waals surface area contributed by atoms with E-state index in [9.17, 15) is 22.8 Å². The molecule has 0 atom stereocenters. The number of nitrogens with zero attached hydrogens (tertiary/aromatic N) is 1. The molecule has 2 aromatic rings. The van der Waals surface area contributed by atoms with E-state index in [4.69, 9.17) is 11.6 Å². The van der Waals surface area contributed by atoms with Crippen molar-refractivity contribution in [3.63, 3.8) is 0 Å². The monoisotopic (exact) mass is 399 g/mol. The van der Waals surface area contributed by atoms with Crippen LogP contribution in [0.2, 0.25) is 5.02 Å². The van der Waals surface area contributed by atoms with Crippen molar-refractivity contribution in [1.82, 2.24) is 10.3 Å². The molecule has 0 unspecified atom stereocenters.